The summed E-state index contributed by atoms with van der Waals surface area (Å²) in [5.74, 6) is 0. The molecule has 0 heterocycles. The first kappa shape index (κ1) is 10.9. The molecule has 0 saturated heterocycles. The molecule has 0 radical (unpaired) electrons. The topological polar surface area (TPSA) is 58.9 Å². The van der Waals surface area contributed by atoms with Gasteiger partial charge in [0.25, 0.3) is 0 Å². The summed E-state index contributed by atoms with van der Waals surface area (Å²) in [6.07, 6.45) is 0. The van der Waals surface area contributed by atoms with E-state index in [0.717, 1.165) is 0 Å². The molecule has 4 nitrogen and oxygen atoms in total. The van der Waals surface area contributed by atoms with Gasteiger partial charge >= 0.3 is 71.2 Å². The van der Waals surface area contributed by atoms with Crippen LogP contribution in [0.15, 0.2) is 0 Å². The van der Waals surface area contributed by atoms with E-state index in [1.165, 1.54) is 0 Å². The van der Waals surface area contributed by atoms with Gasteiger partial charge in [-0.25, -0.2) is 0 Å². The molecule has 2 N–H and O–H groups in total. The second kappa shape index (κ2) is 9.88. The summed E-state index contributed by atoms with van der Waals surface area (Å²) in [7, 11) is 0. The van der Waals surface area contributed by atoms with Gasteiger partial charge in [0, 0.05) is 0 Å². The van der Waals surface area contributed by atoms with E-state index in [9.17, 15) is 0 Å². The fourth-order valence-electron chi connectivity index (χ4n) is 0.182. The summed E-state index contributed by atoms with van der Waals surface area (Å²) in [5, 5.41) is 16.6. The van der Waals surface area contributed by atoms with Crippen LogP contribution in [0.2, 0.25) is 0 Å². The van der Waals surface area contributed by atoms with E-state index in [1.54, 1.807) is 0 Å². The first-order valence-electron chi connectivity index (χ1n) is 2.71. The molecular formula is C4H10O4Se2. The van der Waals surface area contributed by atoms with Crippen molar-refractivity contribution in [3.63, 3.8) is 0 Å². The Kier molecular flexibility index (Phi) is 10.7. The van der Waals surface area contributed by atoms with Crippen LogP contribution in [0.3, 0.4) is 0 Å². The average Bonchev–Trinajstić information content (AvgIpc) is 1.97. The number of aliphatic hydroxyl groups excluding tert-OH is 2. The van der Waals surface area contributed by atoms with E-state index in [1.807, 2.05) is 0 Å². The van der Waals surface area contributed by atoms with Crippen molar-refractivity contribution < 1.29 is 17.9 Å². The summed E-state index contributed by atoms with van der Waals surface area (Å²) >= 11 is 0.0931. The molecular weight excluding hydrogens is 270 g/mol. The van der Waals surface area contributed by atoms with Gasteiger partial charge in [-0.15, -0.1) is 0 Å². The Hall–Kier alpha value is 0.879. The molecule has 62 valence electrons. The van der Waals surface area contributed by atoms with Crippen LogP contribution in [0.1, 0.15) is 0 Å². The predicted molar refractivity (Wildman–Crippen MR) is 37.6 cm³/mol. The first-order valence-corrected chi connectivity index (χ1v) is 8.44. The van der Waals surface area contributed by atoms with E-state index in [2.05, 4.69) is 0 Å². The molecule has 0 aliphatic rings. The summed E-state index contributed by atoms with van der Waals surface area (Å²) in [4.78, 5) is 0. The predicted octanol–water partition coefficient (Wildman–Crippen LogP) is -1.84. The zero-order chi connectivity index (χ0) is 7.66. The molecule has 0 aromatic rings. The van der Waals surface area contributed by atoms with Crippen LogP contribution in [-0.4, -0.2) is 63.6 Å². The molecule has 0 rings (SSSR count). The van der Waals surface area contributed by atoms with Crippen LogP contribution < -0.4 is 0 Å². The van der Waals surface area contributed by atoms with Crippen LogP contribution in [0.4, 0.5) is 0 Å². The van der Waals surface area contributed by atoms with Crippen LogP contribution in [0.5, 0.6) is 0 Å². The van der Waals surface area contributed by atoms with Gasteiger partial charge in [-0.2, -0.15) is 0 Å². The molecule has 10 heavy (non-hydrogen) atoms. The molecule has 0 unspecified atom stereocenters. The second-order valence-corrected chi connectivity index (χ2v) is 5.75. The maximum absolute atomic E-state index is 8.28. The molecule has 0 aliphatic carbocycles. The Balaban J connectivity index is 2.65. The summed E-state index contributed by atoms with van der Waals surface area (Å²) in [6, 6.07) is 0. The summed E-state index contributed by atoms with van der Waals surface area (Å²) in [5.41, 5.74) is 0. The average molecular weight is 280 g/mol. The van der Waals surface area contributed by atoms with Crippen molar-refractivity contribution in [1.29, 1.82) is 0 Å². The van der Waals surface area contributed by atoms with Crippen molar-refractivity contribution in [3.05, 3.63) is 0 Å². The van der Waals surface area contributed by atoms with Gasteiger partial charge in [-0.3, -0.25) is 0 Å². The maximum atomic E-state index is 8.28. The summed E-state index contributed by atoms with van der Waals surface area (Å²) < 4.78 is 9.93. The fraction of sp³-hybridized carbons (Fsp3) is 1.00. The molecule has 0 bridgehead atoms. The molecule has 0 aromatic carbocycles. The molecule has 0 atom stereocenters. The quantitative estimate of drug-likeness (QED) is 0.425. The van der Waals surface area contributed by atoms with E-state index >= 15 is 0 Å². The second-order valence-electron chi connectivity index (χ2n) is 1.23. The third-order valence-corrected chi connectivity index (χ3v) is 4.40. The van der Waals surface area contributed by atoms with Crippen molar-refractivity contribution in [2.45, 2.75) is 0 Å². The SMILES string of the molecule is OCCO[Se][Se]OCCO. The van der Waals surface area contributed by atoms with Crippen LogP contribution in [0, 0.1) is 0 Å². The van der Waals surface area contributed by atoms with Crippen molar-refractivity contribution >= 4 is 26.9 Å². The van der Waals surface area contributed by atoms with Crippen molar-refractivity contribution in [2.24, 2.45) is 0 Å². The molecule has 6 heteroatoms. The number of hydrogen-bond donors (Lipinski definition) is 2. The first-order chi connectivity index (χ1) is 4.91. The van der Waals surface area contributed by atoms with Crippen molar-refractivity contribution in [3.8, 4) is 0 Å². The van der Waals surface area contributed by atoms with Crippen molar-refractivity contribution in [2.75, 3.05) is 26.4 Å². The van der Waals surface area contributed by atoms with Crippen LogP contribution in [-0.2, 0) is 7.64 Å². The molecule has 0 aromatic heterocycles. The standard InChI is InChI=1S/C4H10O4Se2/c5-1-3-7-9-10-8-4-2-6/h5-6H,1-4H2. The van der Waals surface area contributed by atoms with Crippen LogP contribution >= 0.6 is 0 Å². The zero-order valence-electron chi connectivity index (χ0n) is 5.36. The van der Waals surface area contributed by atoms with Crippen LogP contribution in [0.25, 0.3) is 0 Å². The Bertz CT molecular complexity index is 55.2. The van der Waals surface area contributed by atoms with E-state index < -0.39 is 0 Å². The number of aliphatic hydroxyl groups is 2. The molecule has 0 aliphatic heterocycles. The molecule has 0 spiro atoms. The molecule has 0 saturated carbocycles. The van der Waals surface area contributed by atoms with E-state index in [0.29, 0.717) is 13.2 Å². The molecule has 0 fully saturated rings. The van der Waals surface area contributed by atoms with E-state index in [4.69, 9.17) is 17.9 Å². The minimum atomic E-state index is 0.0465. The third kappa shape index (κ3) is 8.88. The normalized spacial score (nSPS) is 10.2. The van der Waals surface area contributed by atoms with Gasteiger partial charge in [0.05, 0.1) is 0 Å². The summed E-state index contributed by atoms with van der Waals surface area (Å²) in [6.45, 7) is 0.921. The minimum absolute atomic E-state index is 0.0465. The van der Waals surface area contributed by atoms with Gasteiger partial charge < -0.3 is 0 Å². The van der Waals surface area contributed by atoms with Crippen molar-refractivity contribution in [1.82, 2.24) is 0 Å². The third-order valence-electron chi connectivity index (χ3n) is 0.473. The Morgan fingerprint density at radius 3 is 1.60 bits per heavy atom. The Morgan fingerprint density at radius 1 is 0.900 bits per heavy atom. The number of hydrogen-bond acceptors (Lipinski definition) is 4. The molecule has 0 amide bonds. The van der Waals surface area contributed by atoms with E-state index in [-0.39, 0.29) is 40.1 Å². The van der Waals surface area contributed by atoms with Gasteiger partial charge in [0.1, 0.15) is 0 Å². The monoisotopic (exact) mass is 282 g/mol. The fourth-order valence-corrected chi connectivity index (χ4v) is 3.29. The zero-order valence-corrected chi connectivity index (χ0v) is 8.78. The van der Waals surface area contributed by atoms with Gasteiger partial charge in [-0.05, 0) is 0 Å². The van der Waals surface area contributed by atoms with Gasteiger partial charge in [-0.1, -0.05) is 0 Å². The number of rotatable bonds is 7. The van der Waals surface area contributed by atoms with Gasteiger partial charge in [0.15, 0.2) is 0 Å². The van der Waals surface area contributed by atoms with Gasteiger partial charge in [0.2, 0.25) is 0 Å². The Labute approximate surface area is 71.4 Å². The Morgan fingerprint density at radius 2 is 1.30 bits per heavy atom.